The van der Waals surface area contributed by atoms with Gasteiger partial charge >= 0.3 is 0 Å². The molecule has 2 saturated carbocycles. The summed E-state index contributed by atoms with van der Waals surface area (Å²) in [4.78, 5) is 12.3. The lowest BCUT2D eigenvalue weighted by molar-refractivity contribution is -0.123. The minimum Gasteiger partial charge on any atom is -0.459 e. The lowest BCUT2D eigenvalue weighted by Crippen LogP contribution is -2.26. The van der Waals surface area contributed by atoms with Crippen LogP contribution in [0.1, 0.15) is 37.9 Å². The van der Waals surface area contributed by atoms with E-state index in [9.17, 15) is 4.79 Å². The van der Waals surface area contributed by atoms with Crippen molar-refractivity contribution in [3.63, 3.8) is 0 Å². The fourth-order valence-electron chi connectivity index (χ4n) is 3.88. The molecule has 4 rings (SSSR count). The van der Waals surface area contributed by atoms with E-state index in [1.807, 2.05) is 42.5 Å². The number of amides is 1. The summed E-state index contributed by atoms with van der Waals surface area (Å²) in [6.45, 7) is 0.484. The summed E-state index contributed by atoms with van der Waals surface area (Å²) in [5, 5.41) is 3.04. The molecule has 3 nitrogen and oxygen atoms in total. The van der Waals surface area contributed by atoms with Gasteiger partial charge in [0.25, 0.3) is 0 Å². The van der Waals surface area contributed by atoms with E-state index in [0.29, 0.717) is 12.0 Å². The molecule has 1 N–H and O–H groups in total. The predicted molar refractivity (Wildman–Crippen MR) is 85.0 cm³/mol. The van der Waals surface area contributed by atoms with Crippen molar-refractivity contribution in [2.75, 3.05) is 0 Å². The molecule has 0 unspecified atom stereocenters. The summed E-state index contributed by atoms with van der Waals surface area (Å²) in [6.07, 6.45) is 6.16. The highest BCUT2D eigenvalue weighted by Crippen LogP contribution is 2.62. The molecule has 2 aromatic rings. The molecule has 2 aliphatic carbocycles. The first-order valence-corrected chi connectivity index (χ1v) is 8.19. The van der Waals surface area contributed by atoms with Crippen LogP contribution in [0, 0.1) is 11.3 Å². The van der Waals surface area contributed by atoms with Crippen LogP contribution in [0.15, 0.2) is 46.9 Å². The second-order valence-corrected chi connectivity index (χ2v) is 6.68. The quantitative estimate of drug-likeness (QED) is 0.921. The second kappa shape index (κ2) is 5.31. The molecule has 1 aromatic heterocycles. The van der Waals surface area contributed by atoms with Gasteiger partial charge in [-0.15, -0.1) is 0 Å². The van der Waals surface area contributed by atoms with E-state index in [0.717, 1.165) is 23.5 Å². The number of furan rings is 1. The SMILES string of the molecule is O=C(NCc1ccc(-c2ccccc2)o1)[C@H]1CC12CCCC2. The van der Waals surface area contributed by atoms with Crippen molar-refractivity contribution in [3.8, 4) is 11.3 Å². The van der Waals surface area contributed by atoms with Gasteiger partial charge in [0, 0.05) is 11.5 Å². The Labute approximate surface area is 130 Å². The molecule has 1 atom stereocenters. The Morgan fingerprint density at radius 3 is 2.68 bits per heavy atom. The highest BCUT2D eigenvalue weighted by Gasteiger charge is 2.58. The van der Waals surface area contributed by atoms with E-state index in [1.165, 1.54) is 25.7 Å². The normalized spacial score (nSPS) is 21.9. The van der Waals surface area contributed by atoms with Crippen molar-refractivity contribution in [1.29, 1.82) is 0 Å². The molecule has 0 saturated heterocycles. The van der Waals surface area contributed by atoms with Gasteiger partial charge in [0.05, 0.1) is 6.54 Å². The van der Waals surface area contributed by atoms with Gasteiger partial charge < -0.3 is 9.73 Å². The van der Waals surface area contributed by atoms with Crippen molar-refractivity contribution in [3.05, 3.63) is 48.2 Å². The number of carbonyl (C=O) groups is 1. The lowest BCUT2D eigenvalue weighted by atomic mass is 10.0. The van der Waals surface area contributed by atoms with Crippen LogP contribution in [0.25, 0.3) is 11.3 Å². The minimum atomic E-state index is 0.208. The van der Waals surface area contributed by atoms with E-state index in [-0.39, 0.29) is 11.8 Å². The maximum Gasteiger partial charge on any atom is 0.224 e. The standard InChI is InChI=1S/C19H21NO2/c21-18(16-12-19(16)10-4-5-11-19)20-13-15-8-9-17(22-15)14-6-2-1-3-7-14/h1-3,6-9,16H,4-5,10-13H2,(H,20,21)/t16-/m1/s1. The van der Waals surface area contributed by atoms with E-state index in [1.54, 1.807) is 0 Å². The summed E-state index contributed by atoms with van der Waals surface area (Å²) < 4.78 is 5.82. The number of nitrogens with one attached hydrogen (secondary N) is 1. The number of hydrogen-bond donors (Lipinski definition) is 1. The summed E-state index contributed by atoms with van der Waals surface area (Å²) in [7, 11) is 0. The lowest BCUT2D eigenvalue weighted by Gasteiger charge is -2.08. The first kappa shape index (κ1) is 13.6. The number of rotatable bonds is 4. The summed E-state index contributed by atoms with van der Waals surface area (Å²) in [5.41, 5.74) is 1.43. The molecule has 2 fully saturated rings. The van der Waals surface area contributed by atoms with Gasteiger partial charge in [-0.1, -0.05) is 43.2 Å². The molecule has 1 heterocycles. The van der Waals surface area contributed by atoms with E-state index in [4.69, 9.17) is 4.42 Å². The van der Waals surface area contributed by atoms with Crippen molar-refractivity contribution in [2.24, 2.45) is 11.3 Å². The molecule has 0 bridgehead atoms. The van der Waals surface area contributed by atoms with Gasteiger partial charge in [-0.25, -0.2) is 0 Å². The Hall–Kier alpha value is -2.03. The molecule has 22 heavy (non-hydrogen) atoms. The first-order chi connectivity index (χ1) is 10.8. The van der Waals surface area contributed by atoms with Gasteiger partial charge in [0.1, 0.15) is 11.5 Å². The smallest absolute Gasteiger partial charge is 0.224 e. The van der Waals surface area contributed by atoms with Crippen molar-refractivity contribution in [1.82, 2.24) is 5.32 Å². The van der Waals surface area contributed by atoms with Crippen LogP contribution in [0.4, 0.5) is 0 Å². The zero-order chi connectivity index (χ0) is 15.0. The summed E-state index contributed by atoms with van der Waals surface area (Å²) in [5.74, 6) is 2.12. The molecule has 2 aliphatic rings. The Kier molecular flexibility index (Phi) is 3.29. The number of carbonyl (C=O) groups excluding carboxylic acids is 1. The van der Waals surface area contributed by atoms with Crippen LogP contribution in [0.5, 0.6) is 0 Å². The Morgan fingerprint density at radius 2 is 1.91 bits per heavy atom. The van der Waals surface area contributed by atoms with Crippen molar-refractivity contribution < 1.29 is 9.21 Å². The molecule has 0 aliphatic heterocycles. The molecular formula is C19H21NO2. The molecule has 114 valence electrons. The van der Waals surface area contributed by atoms with Gasteiger partial charge in [-0.3, -0.25) is 4.79 Å². The third kappa shape index (κ3) is 2.45. The van der Waals surface area contributed by atoms with E-state index in [2.05, 4.69) is 5.32 Å². The predicted octanol–water partition coefficient (Wildman–Crippen LogP) is 4.14. The second-order valence-electron chi connectivity index (χ2n) is 6.68. The Balaban J connectivity index is 1.35. The molecule has 3 heteroatoms. The molecule has 1 spiro atoms. The van der Waals surface area contributed by atoms with Crippen molar-refractivity contribution in [2.45, 2.75) is 38.6 Å². The zero-order valence-electron chi connectivity index (χ0n) is 12.7. The van der Waals surface area contributed by atoms with E-state index >= 15 is 0 Å². The number of hydrogen-bond acceptors (Lipinski definition) is 2. The van der Waals surface area contributed by atoms with Crippen molar-refractivity contribution >= 4 is 5.91 Å². The van der Waals surface area contributed by atoms with Crippen LogP contribution >= 0.6 is 0 Å². The number of benzene rings is 1. The van der Waals surface area contributed by atoms with Crippen LogP contribution in [0.2, 0.25) is 0 Å². The topological polar surface area (TPSA) is 42.2 Å². The fourth-order valence-corrected chi connectivity index (χ4v) is 3.88. The maximum atomic E-state index is 12.3. The van der Waals surface area contributed by atoms with Gasteiger partial charge in [-0.05, 0) is 36.8 Å². The molecule has 0 radical (unpaired) electrons. The van der Waals surface area contributed by atoms with E-state index < -0.39 is 0 Å². The minimum absolute atomic E-state index is 0.208. The fraction of sp³-hybridized carbons (Fsp3) is 0.421. The van der Waals surface area contributed by atoms with Gasteiger partial charge in [0.2, 0.25) is 5.91 Å². The first-order valence-electron chi connectivity index (χ1n) is 8.19. The maximum absolute atomic E-state index is 12.3. The zero-order valence-corrected chi connectivity index (χ0v) is 12.7. The monoisotopic (exact) mass is 295 g/mol. The van der Waals surface area contributed by atoms with Crippen LogP contribution in [-0.4, -0.2) is 5.91 Å². The molecule has 1 aromatic carbocycles. The third-order valence-corrected chi connectivity index (χ3v) is 5.26. The Bertz CT molecular complexity index is 668. The molecule has 1 amide bonds. The average molecular weight is 295 g/mol. The summed E-state index contributed by atoms with van der Waals surface area (Å²) in [6, 6.07) is 13.9. The van der Waals surface area contributed by atoms with Crippen LogP contribution in [-0.2, 0) is 11.3 Å². The average Bonchev–Trinajstić information content (AvgIpc) is 2.91. The van der Waals surface area contributed by atoms with Crippen LogP contribution < -0.4 is 5.32 Å². The largest absolute Gasteiger partial charge is 0.459 e. The third-order valence-electron chi connectivity index (χ3n) is 5.26. The Morgan fingerprint density at radius 1 is 1.14 bits per heavy atom. The molecular weight excluding hydrogens is 274 g/mol. The highest BCUT2D eigenvalue weighted by molar-refractivity contribution is 5.82. The van der Waals surface area contributed by atoms with Crippen LogP contribution in [0.3, 0.4) is 0 Å². The van der Waals surface area contributed by atoms with Gasteiger partial charge in [0.15, 0.2) is 0 Å². The highest BCUT2D eigenvalue weighted by atomic mass is 16.3. The summed E-state index contributed by atoms with van der Waals surface area (Å²) >= 11 is 0. The van der Waals surface area contributed by atoms with Gasteiger partial charge in [-0.2, -0.15) is 0 Å².